The molecule has 2 aliphatic rings. The van der Waals surface area contributed by atoms with Crippen LogP contribution in [0.15, 0.2) is 0 Å². The maximum atomic E-state index is 10.8. The minimum absolute atomic E-state index is 0.322. The van der Waals surface area contributed by atoms with E-state index in [9.17, 15) is 4.79 Å². The SMILES string of the molecule is O=C(O)N1[C@@H]2CC[C@H]1CC(I)C2. The molecule has 2 aliphatic heterocycles. The van der Waals surface area contributed by atoms with Crippen LogP contribution in [-0.4, -0.2) is 32.1 Å². The highest BCUT2D eigenvalue weighted by atomic mass is 127. The van der Waals surface area contributed by atoms with E-state index in [1.807, 2.05) is 0 Å². The van der Waals surface area contributed by atoms with Gasteiger partial charge >= 0.3 is 6.09 Å². The molecule has 4 heteroatoms. The van der Waals surface area contributed by atoms with Crippen molar-refractivity contribution in [3.63, 3.8) is 0 Å². The fourth-order valence-electron chi connectivity index (χ4n) is 2.42. The van der Waals surface area contributed by atoms with Crippen molar-refractivity contribution in [3.8, 4) is 0 Å². The zero-order valence-electron chi connectivity index (χ0n) is 6.74. The van der Waals surface area contributed by atoms with E-state index in [0.717, 1.165) is 25.7 Å². The highest BCUT2D eigenvalue weighted by Crippen LogP contribution is 2.38. The van der Waals surface area contributed by atoms with Crippen molar-refractivity contribution < 1.29 is 9.90 Å². The minimum atomic E-state index is -0.717. The number of fused-ring (bicyclic) bond motifs is 2. The van der Waals surface area contributed by atoms with Crippen molar-refractivity contribution >= 4 is 28.7 Å². The molecule has 0 aliphatic carbocycles. The van der Waals surface area contributed by atoms with Crippen molar-refractivity contribution in [1.29, 1.82) is 0 Å². The molecule has 3 atom stereocenters. The molecular weight excluding hydrogens is 269 g/mol. The fourth-order valence-corrected chi connectivity index (χ4v) is 3.60. The Kier molecular flexibility index (Phi) is 2.18. The molecule has 2 heterocycles. The number of hydrogen-bond acceptors (Lipinski definition) is 1. The Bertz CT molecular complexity index is 195. The van der Waals surface area contributed by atoms with Crippen LogP contribution in [0.5, 0.6) is 0 Å². The maximum absolute atomic E-state index is 10.8. The monoisotopic (exact) mass is 281 g/mol. The average molecular weight is 281 g/mol. The predicted molar refractivity (Wildman–Crippen MR) is 53.7 cm³/mol. The van der Waals surface area contributed by atoms with Crippen LogP contribution >= 0.6 is 22.6 Å². The summed E-state index contributed by atoms with van der Waals surface area (Å²) in [4.78, 5) is 12.5. The molecule has 0 aromatic heterocycles. The van der Waals surface area contributed by atoms with Gasteiger partial charge in [-0.05, 0) is 25.7 Å². The largest absolute Gasteiger partial charge is 0.465 e. The van der Waals surface area contributed by atoms with Gasteiger partial charge in [-0.15, -0.1) is 0 Å². The molecule has 3 nitrogen and oxygen atoms in total. The summed E-state index contributed by atoms with van der Waals surface area (Å²) in [6.07, 6.45) is 3.56. The Labute approximate surface area is 85.3 Å². The van der Waals surface area contributed by atoms with E-state index in [0.29, 0.717) is 16.0 Å². The Morgan fingerprint density at radius 1 is 1.33 bits per heavy atom. The molecule has 12 heavy (non-hydrogen) atoms. The lowest BCUT2D eigenvalue weighted by molar-refractivity contribution is 0.105. The van der Waals surface area contributed by atoms with E-state index in [1.165, 1.54) is 0 Å². The molecule has 0 spiro atoms. The molecule has 0 aromatic rings. The molecule has 0 saturated carbocycles. The number of carbonyl (C=O) groups is 1. The zero-order chi connectivity index (χ0) is 8.72. The number of halogens is 1. The first-order valence-electron chi connectivity index (χ1n) is 4.34. The topological polar surface area (TPSA) is 40.5 Å². The summed E-state index contributed by atoms with van der Waals surface area (Å²) < 4.78 is 0.690. The Morgan fingerprint density at radius 3 is 2.25 bits per heavy atom. The first-order valence-corrected chi connectivity index (χ1v) is 5.58. The normalized spacial score (nSPS) is 40.1. The summed E-state index contributed by atoms with van der Waals surface area (Å²) in [6.45, 7) is 0. The van der Waals surface area contributed by atoms with Crippen LogP contribution in [0.1, 0.15) is 25.7 Å². The second-order valence-electron chi connectivity index (χ2n) is 3.64. The summed E-state index contributed by atoms with van der Waals surface area (Å²) in [5.74, 6) is 0. The van der Waals surface area contributed by atoms with Crippen molar-refractivity contribution in [2.45, 2.75) is 41.7 Å². The molecular formula is C8H12INO2. The molecule has 1 N–H and O–H groups in total. The van der Waals surface area contributed by atoms with Crippen molar-refractivity contribution in [2.75, 3.05) is 0 Å². The first-order chi connectivity index (χ1) is 5.68. The van der Waals surface area contributed by atoms with Crippen molar-refractivity contribution in [1.82, 2.24) is 4.90 Å². The molecule has 2 rings (SSSR count). The molecule has 0 aromatic carbocycles. The average Bonchev–Trinajstić information content (AvgIpc) is 2.24. The van der Waals surface area contributed by atoms with Crippen LogP contribution < -0.4 is 0 Å². The Morgan fingerprint density at radius 2 is 1.83 bits per heavy atom. The Hall–Kier alpha value is 0. The van der Waals surface area contributed by atoms with E-state index in [2.05, 4.69) is 22.6 Å². The summed E-state index contributed by atoms with van der Waals surface area (Å²) in [5.41, 5.74) is 0. The lowest BCUT2D eigenvalue weighted by Gasteiger charge is -2.34. The molecule has 2 fully saturated rings. The third-order valence-electron chi connectivity index (χ3n) is 2.90. The molecule has 2 bridgehead atoms. The number of nitrogens with zero attached hydrogens (tertiary/aromatic N) is 1. The van der Waals surface area contributed by atoms with Gasteiger partial charge in [-0.2, -0.15) is 0 Å². The van der Waals surface area contributed by atoms with Gasteiger partial charge in [-0.3, -0.25) is 0 Å². The maximum Gasteiger partial charge on any atom is 0.407 e. The van der Waals surface area contributed by atoms with Gasteiger partial charge in [0, 0.05) is 16.0 Å². The zero-order valence-corrected chi connectivity index (χ0v) is 8.90. The highest BCUT2D eigenvalue weighted by molar-refractivity contribution is 14.1. The highest BCUT2D eigenvalue weighted by Gasteiger charge is 2.42. The third-order valence-corrected chi connectivity index (χ3v) is 3.91. The number of hydrogen-bond donors (Lipinski definition) is 1. The van der Waals surface area contributed by atoms with Crippen LogP contribution in [0.3, 0.4) is 0 Å². The third kappa shape index (κ3) is 1.30. The van der Waals surface area contributed by atoms with Gasteiger partial charge in [0.1, 0.15) is 0 Å². The van der Waals surface area contributed by atoms with Gasteiger partial charge in [-0.1, -0.05) is 22.6 Å². The van der Waals surface area contributed by atoms with Crippen LogP contribution in [-0.2, 0) is 0 Å². The van der Waals surface area contributed by atoms with E-state index in [4.69, 9.17) is 5.11 Å². The van der Waals surface area contributed by atoms with Gasteiger partial charge in [0.25, 0.3) is 0 Å². The number of carboxylic acid groups (broad SMARTS) is 1. The summed E-state index contributed by atoms with van der Waals surface area (Å²) in [5, 5.41) is 8.93. The molecule has 2 saturated heterocycles. The lowest BCUT2D eigenvalue weighted by atomic mass is 10.0. The van der Waals surface area contributed by atoms with E-state index in [-0.39, 0.29) is 0 Å². The summed E-state index contributed by atoms with van der Waals surface area (Å²) >= 11 is 2.44. The van der Waals surface area contributed by atoms with Gasteiger partial charge in [0.05, 0.1) is 0 Å². The number of alkyl halides is 1. The number of amides is 1. The van der Waals surface area contributed by atoms with E-state index in [1.54, 1.807) is 4.90 Å². The van der Waals surface area contributed by atoms with Gasteiger partial charge in [-0.25, -0.2) is 4.79 Å². The van der Waals surface area contributed by atoms with Crippen molar-refractivity contribution in [2.24, 2.45) is 0 Å². The summed E-state index contributed by atoms with van der Waals surface area (Å²) in [7, 11) is 0. The van der Waals surface area contributed by atoms with Crippen molar-refractivity contribution in [3.05, 3.63) is 0 Å². The van der Waals surface area contributed by atoms with Crippen LogP contribution in [0.25, 0.3) is 0 Å². The quantitative estimate of drug-likeness (QED) is 0.545. The van der Waals surface area contributed by atoms with Gasteiger partial charge in [0.2, 0.25) is 0 Å². The second-order valence-corrected chi connectivity index (χ2v) is 5.41. The van der Waals surface area contributed by atoms with E-state index < -0.39 is 6.09 Å². The van der Waals surface area contributed by atoms with Gasteiger partial charge < -0.3 is 10.0 Å². The summed E-state index contributed by atoms with van der Waals surface area (Å²) in [6, 6.07) is 0.645. The van der Waals surface area contributed by atoms with Crippen LogP contribution in [0.4, 0.5) is 4.79 Å². The number of piperidine rings is 1. The van der Waals surface area contributed by atoms with Gasteiger partial charge in [0.15, 0.2) is 0 Å². The molecule has 1 unspecified atom stereocenters. The van der Waals surface area contributed by atoms with E-state index >= 15 is 0 Å². The first kappa shape index (κ1) is 8.59. The second kappa shape index (κ2) is 3.05. The Balaban J connectivity index is 2.14. The molecule has 68 valence electrons. The lowest BCUT2D eigenvalue weighted by Crippen LogP contribution is -2.46. The van der Waals surface area contributed by atoms with Crippen LogP contribution in [0.2, 0.25) is 0 Å². The predicted octanol–water partition coefficient (Wildman–Crippen LogP) is 2.09. The van der Waals surface area contributed by atoms with Crippen LogP contribution in [0, 0.1) is 0 Å². The smallest absolute Gasteiger partial charge is 0.407 e. The fraction of sp³-hybridized carbons (Fsp3) is 0.875. The minimum Gasteiger partial charge on any atom is -0.465 e. The molecule has 1 amide bonds. The standard InChI is InChI=1S/C8H12INO2/c9-5-3-6-1-2-7(4-5)10(6)8(11)12/h5-7H,1-4H2,(H,11,12)/t5?,6-,7+. The molecule has 0 radical (unpaired) electrons. The number of rotatable bonds is 0.